The van der Waals surface area contributed by atoms with Gasteiger partial charge in [-0.25, -0.2) is 0 Å². The van der Waals surface area contributed by atoms with Gasteiger partial charge in [0.2, 0.25) is 5.91 Å². The van der Waals surface area contributed by atoms with Gasteiger partial charge in [0, 0.05) is 17.5 Å². The van der Waals surface area contributed by atoms with E-state index in [4.69, 9.17) is 5.73 Å². The van der Waals surface area contributed by atoms with Crippen molar-refractivity contribution in [2.24, 2.45) is 10.7 Å². The second-order valence-electron chi connectivity index (χ2n) is 9.07. The number of nitrogens with two attached hydrogens (primary N) is 1. The molecule has 0 aliphatic carbocycles. The van der Waals surface area contributed by atoms with E-state index in [-0.39, 0.29) is 18.4 Å². The molecular weight excluding hydrogens is 591 g/mol. The molecule has 0 atom stereocenters. The summed E-state index contributed by atoms with van der Waals surface area (Å²) < 4.78 is 107. The Morgan fingerprint density at radius 3 is 1.63 bits per heavy atom. The number of alkyl halides is 9. The number of aryl methyl sites for hydroxylation is 1. The molecule has 0 heterocycles. The number of primary amides is 1. The van der Waals surface area contributed by atoms with Crippen molar-refractivity contribution in [3.8, 4) is 0 Å². The number of carbonyl (C=O) groups excluding carboxylic acids is 2. The molecule has 0 saturated heterocycles. The van der Waals surface area contributed by atoms with Crippen LogP contribution in [-0.4, -0.2) is 30.1 Å². The van der Waals surface area contributed by atoms with E-state index in [0.29, 0.717) is 12.1 Å². The van der Waals surface area contributed by atoms with Gasteiger partial charge in [-0.1, -0.05) is 61.5 Å². The van der Waals surface area contributed by atoms with Crippen LogP contribution in [0.1, 0.15) is 53.6 Å². The Morgan fingerprint density at radius 2 is 1.23 bits per heavy atom. The van der Waals surface area contributed by atoms with Gasteiger partial charge < -0.3 is 5.73 Å². The second kappa shape index (κ2) is 15.9. The molecule has 13 heteroatoms. The first-order valence-electron chi connectivity index (χ1n) is 12.5. The molecule has 234 valence electrons. The minimum atomic E-state index is -4.92. The predicted octanol–water partition coefficient (Wildman–Crippen LogP) is 8.13. The molecule has 0 saturated carbocycles. The quantitative estimate of drug-likeness (QED) is 0.223. The van der Waals surface area contributed by atoms with Gasteiger partial charge in [-0.15, -0.1) is 0 Å². The summed E-state index contributed by atoms with van der Waals surface area (Å²) in [5, 5.41) is 0. The highest BCUT2D eigenvalue weighted by Crippen LogP contribution is 2.36. The molecule has 0 bridgehead atoms. The summed E-state index contributed by atoms with van der Waals surface area (Å²) >= 11 is 0. The fraction of sp³-hybridized carbons (Fsp3) is 0.300. The zero-order chi connectivity index (χ0) is 33.0. The number of rotatable bonds is 6. The van der Waals surface area contributed by atoms with Crippen molar-refractivity contribution in [3.63, 3.8) is 0 Å². The van der Waals surface area contributed by atoms with Gasteiger partial charge in [0.15, 0.2) is 5.78 Å². The highest BCUT2D eigenvalue weighted by molar-refractivity contribution is 6.14. The summed E-state index contributed by atoms with van der Waals surface area (Å²) in [7, 11) is 0. The molecule has 0 radical (unpaired) electrons. The maximum absolute atomic E-state index is 12.4. The predicted molar refractivity (Wildman–Crippen MR) is 144 cm³/mol. The zero-order valence-corrected chi connectivity index (χ0v) is 23.3. The molecule has 0 aromatic heterocycles. The molecule has 0 unspecified atom stereocenters. The van der Waals surface area contributed by atoms with Crippen molar-refractivity contribution in [1.29, 1.82) is 0 Å². The highest BCUT2D eigenvalue weighted by atomic mass is 19.4. The third kappa shape index (κ3) is 14.0. The number of aliphatic imine (C=N–C) groups is 1. The van der Waals surface area contributed by atoms with Crippen LogP contribution in [0.2, 0.25) is 0 Å². The molecule has 0 aliphatic heterocycles. The Labute approximate surface area is 242 Å². The maximum atomic E-state index is 12.4. The number of ketones is 1. The Morgan fingerprint density at radius 1 is 0.767 bits per heavy atom. The van der Waals surface area contributed by atoms with E-state index in [9.17, 15) is 49.1 Å². The minimum Gasteiger partial charge on any atom is -0.369 e. The molecule has 43 heavy (non-hydrogen) atoms. The molecule has 1 amide bonds. The van der Waals surface area contributed by atoms with Crippen LogP contribution in [0.15, 0.2) is 77.8 Å². The summed E-state index contributed by atoms with van der Waals surface area (Å²) in [5.41, 5.74) is 5.55. The third-order valence-electron chi connectivity index (χ3n) is 5.33. The molecule has 0 fully saturated rings. The molecule has 3 aromatic carbocycles. The summed E-state index contributed by atoms with van der Waals surface area (Å²) in [5.74, 6) is -0.940. The summed E-state index contributed by atoms with van der Waals surface area (Å²) in [6.07, 6.45) is -15.2. The number of hydrogen-bond donors (Lipinski definition) is 1. The lowest BCUT2D eigenvalue weighted by atomic mass is 9.98. The van der Waals surface area contributed by atoms with Crippen molar-refractivity contribution in [3.05, 3.63) is 106 Å². The minimum absolute atomic E-state index is 0.00943. The summed E-state index contributed by atoms with van der Waals surface area (Å²) in [4.78, 5) is 26.2. The van der Waals surface area contributed by atoms with Crippen LogP contribution in [0, 0.1) is 6.92 Å². The number of amides is 1. The zero-order valence-electron chi connectivity index (χ0n) is 23.3. The standard InChI is InChI=1S/C17H17NO.C10H7F6NO.C3H5F3/c1-13-8-6-7-11-16(13)17(18-12-14(2)19)15-9-4-3-5-10-15;11-9(12,13)6-1-5(3-8(17)18)2-7(4-6)10(14,15)16;1-2-3(4,5)6/h3-11H,12H2,1-2H3;1-2,4H,3H2,(H2,17,18);2H2,1H3. The Hall–Kier alpha value is -4.16. The number of nitrogens with zero attached hydrogens (tertiary/aromatic N) is 1. The lowest BCUT2D eigenvalue weighted by molar-refractivity contribution is -0.143. The Bertz CT molecular complexity index is 1350. The van der Waals surface area contributed by atoms with Gasteiger partial charge in [0.25, 0.3) is 0 Å². The molecule has 3 aromatic rings. The van der Waals surface area contributed by atoms with E-state index < -0.39 is 54.0 Å². The number of benzene rings is 3. The van der Waals surface area contributed by atoms with Crippen molar-refractivity contribution in [2.75, 3.05) is 6.54 Å². The Kier molecular flexibility index (Phi) is 13.6. The van der Waals surface area contributed by atoms with E-state index >= 15 is 0 Å². The molecule has 0 aliphatic rings. The maximum Gasteiger partial charge on any atom is 0.416 e. The first kappa shape index (κ1) is 36.9. The van der Waals surface area contributed by atoms with E-state index in [1.54, 1.807) is 6.92 Å². The number of hydrogen-bond acceptors (Lipinski definition) is 3. The van der Waals surface area contributed by atoms with E-state index in [1.165, 1.54) is 0 Å². The highest BCUT2D eigenvalue weighted by Gasteiger charge is 2.36. The van der Waals surface area contributed by atoms with Gasteiger partial charge >= 0.3 is 18.5 Å². The van der Waals surface area contributed by atoms with Crippen LogP contribution in [0.4, 0.5) is 39.5 Å². The summed E-state index contributed by atoms with van der Waals surface area (Å²) in [6.45, 7) is 4.92. The number of halogens is 9. The summed E-state index contributed by atoms with van der Waals surface area (Å²) in [6, 6.07) is 19.0. The second-order valence-corrected chi connectivity index (χ2v) is 9.07. The average molecular weight is 621 g/mol. The van der Waals surface area contributed by atoms with Crippen molar-refractivity contribution < 1.29 is 49.1 Å². The fourth-order valence-corrected chi connectivity index (χ4v) is 3.28. The lowest BCUT2D eigenvalue weighted by Gasteiger charge is -2.13. The topological polar surface area (TPSA) is 72.5 Å². The Balaban J connectivity index is 0.000000363. The van der Waals surface area contributed by atoms with Crippen LogP contribution < -0.4 is 5.73 Å². The van der Waals surface area contributed by atoms with Crippen molar-refractivity contribution >= 4 is 17.4 Å². The smallest absolute Gasteiger partial charge is 0.369 e. The molecular formula is C30H29F9N2O2. The SMILES string of the molecule is CC(=O)CN=C(c1ccccc1)c1ccccc1C.CCC(F)(F)F.NC(=O)Cc1cc(C(F)(F)F)cc(C(F)(F)F)c1. The van der Waals surface area contributed by atoms with Gasteiger partial charge in [-0.05, 0) is 43.2 Å². The number of carbonyl (C=O) groups is 2. The molecule has 3 rings (SSSR count). The van der Waals surface area contributed by atoms with Gasteiger partial charge in [0.05, 0.1) is 29.8 Å². The average Bonchev–Trinajstić information content (AvgIpc) is 2.89. The largest absolute Gasteiger partial charge is 0.416 e. The van der Waals surface area contributed by atoms with Crippen LogP contribution in [0.25, 0.3) is 0 Å². The lowest BCUT2D eigenvalue weighted by Crippen LogP contribution is -2.16. The third-order valence-corrected chi connectivity index (χ3v) is 5.33. The normalized spacial score (nSPS) is 12.0. The van der Waals surface area contributed by atoms with Crippen molar-refractivity contribution in [2.45, 2.75) is 52.1 Å². The number of Topliss-reactive ketones (excluding diaryl/α,β-unsaturated/α-hetero) is 1. The molecule has 2 N–H and O–H groups in total. The van der Waals surface area contributed by atoms with E-state index in [1.807, 2.05) is 48.5 Å². The van der Waals surface area contributed by atoms with Gasteiger partial charge in [-0.3, -0.25) is 14.6 Å². The monoisotopic (exact) mass is 620 g/mol. The van der Waals surface area contributed by atoms with E-state index in [2.05, 4.69) is 18.0 Å². The van der Waals surface area contributed by atoms with Crippen molar-refractivity contribution in [1.82, 2.24) is 0 Å². The molecule has 4 nitrogen and oxygen atoms in total. The first-order valence-corrected chi connectivity index (χ1v) is 12.5. The molecule has 0 spiro atoms. The van der Waals surface area contributed by atoms with Crippen LogP contribution >= 0.6 is 0 Å². The fourth-order valence-electron chi connectivity index (χ4n) is 3.28. The van der Waals surface area contributed by atoms with Crippen LogP contribution in [0.5, 0.6) is 0 Å². The van der Waals surface area contributed by atoms with E-state index in [0.717, 1.165) is 29.3 Å². The van der Waals surface area contributed by atoms with Crippen LogP contribution in [-0.2, 0) is 28.4 Å². The first-order chi connectivity index (χ1) is 19.7. The van der Waals surface area contributed by atoms with Gasteiger partial charge in [0.1, 0.15) is 0 Å². The van der Waals surface area contributed by atoms with Gasteiger partial charge in [-0.2, -0.15) is 39.5 Å². The van der Waals surface area contributed by atoms with Crippen LogP contribution in [0.3, 0.4) is 0 Å².